The number of amides is 1. The number of aryl methyl sites for hydroxylation is 1. The molecule has 2 heterocycles. The summed E-state index contributed by atoms with van der Waals surface area (Å²) in [7, 11) is 0. The molecule has 2 aliphatic heterocycles. The maximum atomic E-state index is 13.1. The van der Waals surface area contributed by atoms with Gasteiger partial charge in [-0.25, -0.2) is 0 Å². The Labute approximate surface area is 230 Å². The van der Waals surface area contributed by atoms with Crippen LogP contribution in [-0.2, 0) is 11.2 Å². The Morgan fingerprint density at radius 2 is 1.75 bits per heavy atom. The standard InChI is InChI=1S/C28H36Cl2N4OS/c29-25-13-11-23(20-26(25)30)31-28(36)34-19-14-27(35)33(18-7-17-32-15-5-2-6-16-32)21-24(34)12-10-22-8-3-1-4-9-22/h1,3-4,8-9,11,13,20,24H,2,5-7,10,12,14-19,21H2,(H,31,36)/t24-/m1/s1. The van der Waals surface area contributed by atoms with Gasteiger partial charge >= 0.3 is 0 Å². The van der Waals surface area contributed by atoms with Gasteiger partial charge in [0.15, 0.2) is 5.11 Å². The number of halogens is 2. The van der Waals surface area contributed by atoms with Crippen LogP contribution >= 0.6 is 35.4 Å². The molecular formula is C28H36Cl2N4OS. The zero-order chi connectivity index (χ0) is 25.3. The first kappa shape index (κ1) is 27.2. The molecule has 0 aliphatic carbocycles. The lowest BCUT2D eigenvalue weighted by Crippen LogP contribution is -2.47. The number of anilines is 1. The highest BCUT2D eigenvalue weighted by Crippen LogP contribution is 2.26. The van der Waals surface area contributed by atoms with Crippen molar-refractivity contribution in [2.45, 2.75) is 51.0 Å². The highest BCUT2D eigenvalue weighted by Gasteiger charge is 2.30. The summed E-state index contributed by atoms with van der Waals surface area (Å²) in [4.78, 5) is 19.9. The van der Waals surface area contributed by atoms with Crippen molar-refractivity contribution >= 4 is 52.1 Å². The van der Waals surface area contributed by atoms with Crippen molar-refractivity contribution in [1.29, 1.82) is 0 Å². The molecule has 0 spiro atoms. The number of rotatable bonds is 8. The lowest BCUT2D eigenvalue weighted by Gasteiger charge is -2.34. The van der Waals surface area contributed by atoms with Crippen molar-refractivity contribution in [3.8, 4) is 0 Å². The fourth-order valence-corrected chi connectivity index (χ4v) is 5.81. The van der Waals surface area contributed by atoms with E-state index in [0.29, 0.717) is 34.7 Å². The SMILES string of the molecule is O=C1CCN(C(=S)Nc2ccc(Cl)c(Cl)c2)[C@H](CCc2ccccc2)CN1CCCN1CCCCC1. The molecule has 2 aromatic rings. The molecule has 2 fully saturated rings. The van der Waals surface area contributed by atoms with Crippen LogP contribution in [0.2, 0.25) is 10.0 Å². The number of piperidine rings is 1. The molecule has 1 amide bonds. The Balaban J connectivity index is 1.43. The van der Waals surface area contributed by atoms with E-state index < -0.39 is 0 Å². The van der Waals surface area contributed by atoms with E-state index in [1.54, 1.807) is 12.1 Å². The topological polar surface area (TPSA) is 38.8 Å². The van der Waals surface area contributed by atoms with Crippen molar-refractivity contribution in [1.82, 2.24) is 14.7 Å². The van der Waals surface area contributed by atoms with Crippen LogP contribution in [0.5, 0.6) is 0 Å². The van der Waals surface area contributed by atoms with Gasteiger partial charge in [-0.15, -0.1) is 0 Å². The molecule has 0 aromatic heterocycles. The smallest absolute Gasteiger partial charge is 0.224 e. The molecule has 194 valence electrons. The number of nitrogens with one attached hydrogen (secondary N) is 1. The predicted molar refractivity (Wildman–Crippen MR) is 154 cm³/mol. The van der Waals surface area contributed by atoms with Crippen molar-refractivity contribution in [2.24, 2.45) is 0 Å². The summed E-state index contributed by atoms with van der Waals surface area (Å²) in [5, 5.41) is 4.94. The molecule has 2 aromatic carbocycles. The minimum atomic E-state index is 0.134. The van der Waals surface area contributed by atoms with Crippen molar-refractivity contribution in [3.63, 3.8) is 0 Å². The number of benzene rings is 2. The molecule has 0 radical (unpaired) electrons. The largest absolute Gasteiger partial charge is 0.344 e. The number of likely N-dealkylation sites (tertiary alicyclic amines) is 1. The zero-order valence-corrected chi connectivity index (χ0v) is 23.1. The van der Waals surface area contributed by atoms with Gasteiger partial charge in [0.2, 0.25) is 5.91 Å². The van der Waals surface area contributed by atoms with Gasteiger partial charge in [0, 0.05) is 37.8 Å². The normalized spacial score (nSPS) is 19.3. The summed E-state index contributed by atoms with van der Waals surface area (Å²) in [5.41, 5.74) is 2.10. The van der Waals surface area contributed by atoms with Crippen LogP contribution in [-0.4, -0.2) is 71.0 Å². The number of hydrogen-bond donors (Lipinski definition) is 1. The van der Waals surface area contributed by atoms with Crippen molar-refractivity contribution < 1.29 is 4.79 Å². The lowest BCUT2D eigenvalue weighted by molar-refractivity contribution is -0.130. The van der Waals surface area contributed by atoms with Crippen LogP contribution in [0.3, 0.4) is 0 Å². The van der Waals surface area contributed by atoms with E-state index in [0.717, 1.165) is 38.0 Å². The van der Waals surface area contributed by atoms with Gasteiger partial charge in [-0.05, 0) is 87.7 Å². The van der Waals surface area contributed by atoms with Gasteiger partial charge in [-0.1, -0.05) is 60.0 Å². The molecule has 8 heteroatoms. The van der Waals surface area contributed by atoms with E-state index in [4.69, 9.17) is 35.4 Å². The average Bonchev–Trinajstić information content (AvgIpc) is 3.05. The van der Waals surface area contributed by atoms with Crippen molar-refractivity contribution in [3.05, 3.63) is 64.1 Å². The van der Waals surface area contributed by atoms with Crippen LogP contribution in [0.1, 0.15) is 44.1 Å². The van der Waals surface area contributed by atoms with E-state index in [2.05, 4.69) is 44.3 Å². The van der Waals surface area contributed by atoms with Gasteiger partial charge in [-0.3, -0.25) is 4.79 Å². The highest BCUT2D eigenvalue weighted by atomic mass is 35.5. The highest BCUT2D eigenvalue weighted by molar-refractivity contribution is 7.80. The second-order valence-corrected chi connectivity index (χ2v) is 11.0. The molecule has 2 saturated heterocycles. The molecular weight excluding hydrogens is 511 g/mol. The van der Waals surface area contributed by atoms with Crippen LogP contribution < -0.4 is 5.32 Å². The number of hydrogen-bond acceptors (Lipinski definition) is 3. The molecule has 0 bridgehead atoms. The summed E-state index contributed by atoms with van der Waals surface area (Å²) >= 11 is 18.2. The summed E-state index contributed by atoms with van der Waals surface area (Å²) < 4.78 is 0. The monoisotopic (exact) mass is 546 g/mol. The first-order valence-corrected chi connectivity index (χ1v) is 14.2. The first-order chi connectivity index (χ1) is 17.5. The third kappa shape index (κ3) is 7.82. The summed E-state index contributed by atoms with van der Waals surface area (Å²) in [6.07, 6.45) is 7.27. The predicted octanol–water partition coefficient (Wildman–Crippen LogP) is 6.10. The van der Waals surface area contributed by atoms with Crippen LogP contribution in [0.15, 0.2) is 48.5 Å². The summed E-state index contributed by atoms with van der Waals surface area (Å²) in [6, 6.07) is 16.1. The molecule has 4 rings (SSSR count). The van der Waals surface area contributed by atoms with Crippen molar-refractivity contribution in [2.75, 3.05) is 44.6 Å². The Hall–Kier alpha value is -1.86. The van der Waals surface area contributed by atoms with Gasteiger partial charge in [0.05, 0.1) is 10.0 Å². The third-order valence-corrected chi connectivity index (χ3v) is 8.26. The molecule has 1 atom stereocenters. The minimum Gasteiger partial charge on any atom is -0.344 e. The Kier molecular flexibility index (Phi) is 10.3. The quantitative estimate of drug-likeness (QED) is 0.405. The number of carbonyl (C=O) groups is 1. The van der Waals surface area contributed by atoms with E-state index in [9.17, 15) is 4.79 Å². The second-order valence-electron chi connectivity index (χ2n) is 9.78. The molecule has 36 heavy (non-hydrogen) atoms. The second kappa shape index (κ2) is 13.6. The van der Waals surface area contributed by atoms with Crippen LogP contribution in [0, 0.1) is 0 Å². The van der Waals surface area contributed by atoms with Gasteiger partial charge < -0.3 is 20.0 Å². The average molecular weight is 548 g/mol. The van der Waals surface area contributed by atoms with Crippen LogP contribution in [0.25, 0.3) is 0 Å². The van der Waals surface area contributed by atoms with E-state index in [1.165, 1.54) is 37.9 Å². The molecule has 0 unspecified atom stereocenters. The summed E-state index contributed by atoms with van der Waals surface area (Å²) in [6.45, 7) is 5.55. The Bertz CT molecular complexity index is 1020. The number of thiocarbonyl (C=S) groups is 1. The Morgan fingerprint density at radius 1 is 0.972 bits per heavy atom. The van der Waals surface area contributed by atoms with Gasteiger partial charge in [0.25, 0.3) is 0 Å². The number of carbonyl (C=O) groups excluding carboxylic acids is 1. The van der Waals surface area contributed by atoms with Gasteiger partial charge in [-0.2, -0.15) is 0 Å². The minimum absolute atomic E-state index is 0.134. The molecule has 1 N–H and O–H groups in total. The lowest BCUT2D eigenvalue weighted by atomic mass is 10.0. The van der Waals surface area contributed by atoms with E-state index in [-0.39, 0.29) is 11.9 Å². The first-order valence-electron chi connectivity index (χ1n) is 13.1. The van der Waals surface area contributed by atoms with Crippen LogP contribution in [0.4, 0.5) is 5.69 Å². The molecule has 5 nitrogen and oxygen atoms in total. The van der Waals surface area contributed by atoms with E-state index >= 15 is 0 Å². The zero-order valence-electron chi connectivity index (χ0n) is 20.8. The Morgan fingerprint density at radius 3 is 2.50 bits per heavy atom. The number of nitrogens with zero attached hydrogens (tertiary/aromatic N) is 3. The third-order valence-electron chi connectivity index (χ3n) is 7.18. The maximum Gasteiger partial charge on any atom is 0.224 e. The fourth-order valence-electron chi connectivity index (χ4n) is 5.16. The molecule has 0 saturated carbocycles. The summed E-state index contributed by atoms with van der Waals surface area (Å²) in [5.74, 6) is 0.221. The van der Waals surface area contributed by atoms with E-state index in [1.807, 2.05) is 12.1 Å². The maximum absolute atomic E-state index is 13.1. The fraction of sp³-hybridized carbons (Fsp3) is 0.500. The van der Waals surface area contributed by atoms with Gasteiger partial charge in [0.1, 0.15) is 0 Å². The molecule has 2 aliphatic rings.